The minimum absolute atomic E-state index is 0.200. The van der Waals surface area contributed by atoms with E-state index in [-0.39, 0.29) is 11.3 Å². The minimum atomic E-state index is -0.491. The highest BCUT2D eigenvalue weighted by atomic mass is 32.1. The summed E-state index contributed by atoms with van der Waals surface area (Å²) in [5.74, 6) is -1.11. The Bertz CT molecular complexity index is 963. The molecule has 130 valence electrons. The molecular formula is C20H15NO4S. The van der Waals surface area contributed by atoms with E-state index in [2.05, 4.69) is 10.1 Å². The molecule has 0 saturated carbocycles. The van der Waals surface area contributed by atoms with Gasteiger partial charge in [-0.25, -0.2) is 4.79 Å². The number of nitrogens with one attached hydrogen (secondary N) is 1. The van der Waals surface area contributed by atoms with Gasteiger partial charge in [0.2, 0.25) is 5.78 Å². The third-order valence-corrected chi connectivity index (χ3v) is 4.57. The molecule has 0 saturated heterocycles. The lowest BCUT2D eigenvalue weighted by Gasteiger charge is -2.10. The number of methoxy groups -OCH3 is 1. The van der Waals surface area contributed by atoms with Crippen LogP contribution in [-0.4, -0.2) is 24.8 Å². The monoisotopic (exact) mass is 365 g/mol. The average molecular weight is 365 g/mol. The molecule has 0 radical (unpaired) electrons. The minimum Gasteiger partial charge on any atom is -0.465 e. The molecule has 0 aliphatic heterocycles. The van der Waals surface area contributed by atoms with Gasteiger partial charge in [-0.05, 0) is 35.7 Å². The number of ketones is 1. The van der Waals surface area contributed by atoms with E-state index in [4.69, 9.17) is 0 Å². The Kier molecular flexibility index (Phi) is 5.24. The second-order valence-electron chi connectivity index (χ2n) is 5.38. The highest BCUT2D eigenvalue weighted by molar-refractivity contribution is 7.12. The van der Waals surface area contributed by atoms with Crippen molar-refractivity contribution in [1.29, 1.82) is 0 Å². The van der Waals surface area contributed by atoms with E-state index < -0.39 is 11.9 Å². The second kappa shape index (κ2) is 7.76. The van der Waals surface area contributed by atoms with E-state index in [1.165, 1.54) is 24.5 Å². The van der Waals surface area contributed by atoms with Crippen molar-refractivity contribution in [1.82, 2.24) is 0 Å². The zero-order chi connectivity index (χ0) is 18.5. The van der Waals surface area contributed by atoms with Crippen LogP contribution in [0.2, 0.25) is 0 Å². The molecule has 0 atom stereocenters. The summed E-state index contributed by atoms with van der Waals surface area (Å²) < 4.78 is 4.68. The van der Waals surface area contributed by atoms with Crippen LogP contribution >= 0.6 is 11.3 Å². The summed E-state index contributed by atoms with van der Waals surface area (Å²) >= 11 is 1.33. The molecule has 0 spiro atoms. The topological polar surface area (TPSA) is 72.5 Å². The number of amides is 1. The number of esters is 1. The van der Waals surface area contributed by atoms with Crippen molar-refractivity contribution in [3.63, 3.8) is 0 Å². The highest BCUT2D eigenvalue weighted by Crippen LogP contribution is 2.20. The number of anilines is 1. The standard InChI is InChI=1S/C20H15NO4S/c1-25-20(24)13-6-4-7-14(12-13)21-19(23)16-9-3-2-8-15(16)18(22)17-10-5-11-26-17/h2-12H,1H3,(H,21,23). The molecule has 1 aromatic heterocycles. The Hall–Kier alpha value is -3.25. The van der Waals surface area contributed by atoms with Gasteiger partial charge in [0.05, 0.1) is 23.1 Å². The Morgan fingerprint density at radius 2 is 1.69 bits per heavy atom. The van der Waals surface area contributed by atoms with Crippen molar-refractivity contribution < 1.29 is 19.1 Å². The van der Waals surface area contributed by atoms with Gasteiger partial charge in [-0.1, -0.05) is 30.3 Å². The molecule has 0 unspecified atom stereocenters. The van der Waals surface area contributed by atoms with E-state index in [1.807, 2.05) is 5.38 Å². The molecule has 0 aliphatic rings. The quantitative estimate of drug-likeness (QED) is 0.547. The summed E-state index contributed by atoms with van der Waals surface area (Å²) in [6.45, 7) is 0. The van der Waals surface area contributed by atoms with Crippen molar-refractivity contribution in [3.8, 4) is 0 Å². The highest BCUT2D eigenvalue weighted by Gasteiger charge is 2.19. The summed E-state index contributed by atoms with van der Waals surface area (Å²) in [4.78, 5) is 37.5. The number of benzene rings is 2. The van der Waals surface area contributed by atoms with Crippen molar-refractivity contribution in [3.05, 3.63) is 87.6 Å². The first kappa shape index (κ1) is 17.6. The zero-order valence-electron chi connectivity index (χ0n) is 13.9. The van der Waals surface area contributed by atoms with Crippen molar-refractivity contribution in [2.24, 2.45) is 0 Å². The van der Waals surface area contributed by atoms with Gasteiger partial charge in [-0.15, -0.1) is 11.3 Å². The van der Waals surface area contributed by atoms with Gasteiger partial charge >= 0.3 is 5.97 Å². The van der Waals surface area contributed by atoms with Crippen LogP contribution in [0.4, 0.5) is 5.69 Å². The maximum absolute atomic E-state index is 12.7. The Morgan fingerprint density at radius 3 is 2.38 bits per heavy atom. The van der Waals surface area contributed by atoms with E-state index in [0.29, 0.717) is 21.7 Å². The maximum atomic E-state index is 12.7. The number of thiophene rings is 1. The first-order valence-corrected chi connectivity index (χ1v) is 8.65. The van der Waals surface area contributed by atoms with Crippen LogP contribution < -0.4 is 5.32 Å². The predicted molar refractivity (Wildman–Crippen MR) is 99.9 cm³/mol. The smallest absolute Gasteiger partial charge is 0.337 e. The van der Waals surface area contributed by atoms with Crippen molar-refractivity contribution in [2.75, 3.05) is 12.4 Å². The number of carbonyl (C=O) groups excluding carboxylic acids is 3. The Morgan fingerprint density at radius 1 is 0.923 bits per heavy atom. The lowest BCUT2D eigenvalue weighted by Crippen LogP contribution is -2.17. The number of rotatable bonds is 5. The molecule has 3 aromatic rings. The molecule has 1 heterocycles. The van der Waals surface area contributed by atoms with Crippen LogP contribution in [0.15, 0.2) is 66.0 Å². The molecule has 5 nitrogen and oxygen atoms in total. The number of hydrogen-bond acceptors (Lipinski definition) is 5. The predicted octanol–water partition coefficient (Wildman–Crippen LogP) is 4.02. The van der Waals surface area contributed by atoms with Crippen LogP contribution in [0.1, 0.15) is 36.0 Å². The Labute approximate surface area is 154 Å². The molecule has 6 heteroatoms. The molecule has 0 aliphatic carbocycles. The molecular weight excluding hydrogens is 350 g/mol. The van der Waals surface area contributed by atoms with E-state index >= 15 is 0 Å². The molecule has 1 amide bonds. The second-order valence-corrected chi connectivity index (χ2v) is 6.33. The largest absolute Gasteiger partial charge is 0.465 e. The van der Waals surface area contributed by atoms with Crippen LogP contribution in [0.5, 0.6) is 0 Å². The van der Waals surface area contributed by atoms with Crippen molar-refractivity contribution >= 4 is 34.7 Å². The van der Waals surface area contributed by atoms with Crippen LogP contribution in [0.3, 0.4) is 0 Å². The fourth-order valence-electron chi connectivity index (χ4n) is 2.46. The summed E-state index contributed by atoms with van der Waals surface area (Å²) in [5.41, 5.74) is 1.37. The summed E-state index contributed by atoms with van der Waals surface area (Å²) in [6, 6.07) is 16.6. The SMILES string of the molecule is COC(=O)c1cccc(NC(=O)c2ccccc2C(=O)c2cccs2)c1. The summed E-state index contributed by atoms with van der Waals surface area (Å²) in [6.07, 6.45) is 0. The molecule has 1 N–H and O–H groups in total. The fourth-order valence-corrected chi connectivity index (χ4v) is 3.14. The van der Waals surface area contributed by atoms with Gasteiger partial charge in [-0.3, -0.25) is 9.59 Å². The van der Waals surface area contributed by atoms with Crippen LogP contribution in [0.25, 0.3) is 0 Å². The first-order valence-electron chi connectivity index (χ1n) is 7.77. The number of ether oxygens (including phenoxy) is 1. The van der Waals surface area contributed by atoms with Gasteiger partial charge in [0.15, 0.2) is 0 Å². The number of carbonyl (C=O) groups is 3. The summed E-state index contributed by atoms with van der Waals surface area (Å²) in [5, 5.41) is 4.54. The fraction of sp³-hybridized carbons (Fsp3) is 0.0500. The third kappa shape index (κ3) is 3.70. The van der Waals surface area contributed by atoms with Gasteiger partial charge in [0.25, 0.3) is 5.91 Å². The zero-order valence-corrected chi connectivity index (χ0v) is 14.7. The van der Waals surface area contributed by atoms with Crippen LogP contribution in [-0.2, 0) is 4.74 Å². The van der Waals surface area contributed by atoms with Gasteiger partial charge in [-0.2, -0.15) is 0 Å². The molecule has 2 aromatic carbocycles. The van der Waals surface area contributed by atoms with Gasteiger partial charge in [0.1, 0.15) is 0 Å². The van der Waals surface area contributed by atoms with Gasteiger partial charge < -0.3 is 10.1 Å². The Balaban J connectivity index is 1.87. The first-order chi connectivity index (χ1) is 12.6. The maximum Gasteiger partial charge on any atom is 0.337 e. The average Bonchev–Trinajstić information content (AvgIpc) is 3.21. The lowest BCUT2D eigenvalue weighted by atomic mass is 10.0. The molecule has 3 rings (SSSR count). The summed E-state index contributed by atoms with van der Waals surface area (Å²) in [7, 11) is 1.29. The van der Waals surface area contributed by atoms with Gasteiger partial charge in [0, 0.05) is 11.3 Å². The van der Waals surface area contributed by atoms with Crippen LogP contribution in [0, 0.1) is 0 Å². The third-order valence-electron chi connectivity index (χ3n) is 3.70. The normalized spacial score (nSPS) is 10.2. The molecule has 0 fully saturated rings. The van der Waals surface area contributed by atoms with E-state index in [9.17, 15) is 14.4 Å². The number of hydrogen-bond donors (Lipinski definition) is 1. The van der Waals surface area contributed by atoms with E-state index in [1.54, 1.807) is 54.6 Å². The van der Waals surface area contributed by atoms with Crippen molar-refractivity contribution in [2.45, 2.75) is 0 Å². The molecule has 0 bridgehead atoms. The molecule has 26 heavy (non-hydrogen) atoms. The van der Waals surface area contributed by atoms with E-state index in [0.717, 1.165) is 0 Å². The lowest BCUT2D eigenvalue weighted by molar-refractivity contribution is 0.0600.